The minimum Gasteiger partial charge on any atom is -0.508 e. The molecule has 3 aliphatic heterocycles. The van der Waals surface area contributed by atoms with E-state index in [4.69, 9.17) is 14.2 Å². The first kappa shape index (κ1) is 20.8. The van der Waals surface area contributed by atoms with Crippen LogP contribution in [-0.4, -0.2) is 38.4 Å². The summed E-state index contributed by atoms with van der Waals surface area (Å²) >= 11 is 0. The van der Waals surface area contributed by atoms with Gasteiger partial charge in [-0.25, -0.2) is 0 Å². The van der Waals surface area contributed by atoms with E-state index in [-0.39, 0.29) is 40.8 Å². The third-order valence-electron chi connectivity index (χ3n) is 6.29. The van der Waals surface area contributed by atoms with Gasteiger partial charge >= 0.3 is 0 Å². The Bertz CT molecular complexity index is 1140. The summed E-state index contributed by atoms with van der Waals surface area (Å²) < 4.78 is 18.1. The molecule has 3 heterocycles. The molecule has 1 fully saturated rings. The number of phenols is 2. The Morgan fingerprint density at radius 3 is 2.34 bits per heavy atom. The van der Waals surface area contributed by atoms with Crippen molar-refractivity contribution in [1.82, 2.24) is 0 Å². The van der Waals surface area contributed by atoms with Gasteiger partial charge in [-0.05, 0) is 57.5 Å². The molecule has 0 aliphatic carbocycles. The number of ketones is 1. The molecule has 2 aromatic carbocycles. The molecule has 32 heavy (non-hydrogen) atoms. The highest BCUT2D eigenvalue weighted by Gasteiger charge is 2.55. The number of aliphatic hydroxyl groups excluding tert-OH is 1. The molecule has 0 aromatic heterocycles. The average molecular weight is 438 g/mol. The Morgan fingerprint density at radius 1 is 1.06 bits per heavy atom. The van der Waals surface area contributed by atoms with Gasteiger partial charge in [0.2, 0.25) is 0 Å². The van der Waals surface area contributed by atoms with Crippen LogP contribution in [0.15, 0.2) is 30.3 Å². The van der Waals surface area contributed by atoms with E-state index in [0.717, 1.165) is 0 Å². The minimum atomic E-state index is -1.12. The Kier molecular flexibility index (Phi) is 4.39. The van der Waals surface area contributed by atoms with E-state index in [0.29, 0.717) is 16.7 Å². The van der Waals surface area contributed by atoms with Crippen LogP contribution < -0.4 is 9.47 Å². The van der Waals surface area contributed by atoms with Crippen LogP contribution in [0.4, 0.5) is 0 Å². The lowest BCUT2D eigenvalue weighted by Gasteiger charge is -2.35. The Balaban J connectivity index is 1.70. The summed E-state index contributed by atoms with van der Waals surface area (Å²) in [5, 5.41) is 31.9. The number of Topliss-reactive ketones (excluding diaryl/α,β-unsaturated/α-hetero) is 1. The number of carbonyl (C=O) groups excluding carboxylic acids is 1. The molecule has 168 valence electrons. The van der Waals surface area contributed by atoms with Crippen molar-refractivity contribution in [3.8, 4) is 23.0 Å². The van der Waals surface area contributed by atoms with E-state index in [1.54, 1.807) is 24.3 Å². The Morgan fingerprint density at radius 2 is 1.72 bits per heavy atom. The highest BCUT2D eigenvalue weighted by Crippen LogP contribution is 2.56. The second kappa shape index (κ2) is 6.73. The van der Waals surface area contributed by atoms with Crippen LogP contribution in [0.5, 0.6) is 23.0 Å². The number of aromatic hydroxyl groups is 2. The lowest BCUT2D eigenvalue weighted by Crippen LogP contribution is -2.31. The van der Waals surface area contributed by atoms with Crippen molar-refractivity contribution in [1.29, 1.82) is 0 Å². The molecule has 3 aliphatic rings. The molecular weight excluding hydrogens is 412 g/mol. The van der Waals surface area contributed by atoms with Crippen molar-refractivity contribution >= 4 is 11.9 Å². The fraction of sp³-hybridized carbons (Fsp3) is 0.400. The van der Waals surface area contributed by atoms with E-state index >= 15 is 0 Å². The number of hydrogen-bond acceptors (Lipinski definition) is 7. The average Bonchev–Trinajstić information content (AvgIpc) is 3.35. The van der Waals surface area contributed by atoms with Crippen molar-refractivity contribution in [3.63, 3.8) is 0 Å². The molecule has 1 saturated heterocycles. The Labute approximate surface area is 185 Å². The molecule has 0 radical (unpaired) electrons. The maximum Gasteiger partial charge on any atom is 0.174 e. The number of ether oxygens (including phenoxy) is 3. The van der Waals surface area contributed by atoms with E-state index < -0.39 is 29.5 Å². The lowest BCUT2D eigenvalue weighted by atomic mass is 9.86. The standard InChI is InChI=1S/C25H26O7/c1-24(2)10-9-14-19(28)17-15(27)11-16(12-5-7-13(26)8-6-12)30-22(17)18(21(14)31-24)20(29)23-25(3,4)32-23/h5-10,16,20,23,26,28-29H,11H2,1-4H3. The van der Waals surface area contributed by atoms with Crippen LogP contribution in [0, 0.1) is 0 Å². The first-order valence-electron chi connectivity index (χ1n) is 10.6. The zero-order valence-electron chi connectivity index (χ0n) is 18.4. The number of phenolic OH excluding ortho intramolecular Hbond substituents is 2. The van der Waals surface area contributed by atoms with Gasteiger partial charge in [0.05, 0.1) is 23.1 Å². The lowest BCUT2D eigenvalue weighted by molar-refractivity contribution is 0.0804. The Hall–Kier alpha value is -3.03. The fourth-order valence-electron chi connectivity index (χ4n) is 4.45. The van der Waals surface area contributed by atoms with Crippen molar-refractivity contribution in [3.05, 3.63) is 52.6 Å². The van der Waals surface area contributed by atoms with Crippen LogP contribution in [0.3, 0.4) is 0 Å². The number of benzene rings is 2. The predicted octanol–water partition coefficient (Wildman–Crippen LogP) is 4.20. The number of aliphatic hydroxyl groups is 1. The number of rotatable bonds is 3. The highest BCUT2D eigenvalue weighted by molar-refractivity contribution is 6.05. The zero-order valence-corrected chi connectivity index (χ0v) is 18.4. The zero-order chi connectivity index (χ0) is 23.0. The normalized spacial score (nSPS) is 25.2. The molecule has 0 amide bonds. The molecule has 3 N–H and O–H groups in total. The maximum absolute atomic E-state index is 13.2. The molecule has 0 bridgehead atoms. The summed E-state index contributed by atoms with van der Waals surface area (Å²) in [6, 6.07) is 6.41. The summed E-state index contributed by atoms with van der Waals surface area (Å²) in [7, 11) is 0. The van der Waals surface area contributed by atoms with Gasteiger partial charge in [0, 0.05) is 0 Å². The monoisotopic (exact) mass is 438 g/mol. The van der Waals surface area contributed by atoms with Gasteiger partial charge in [0.15, 0.2) is 5.78 Å². The van der Waals surface area contributed by atoms with E-state index in [1.165, 1.54) is 12.1 Å². The van der Waals surface area contributed by atoms with E-state index in [9.17, 15) is 20.1 Å². The molecule has 3 unspecified atom stereocenters. The number of carbonyl (C=O) groups is 1. The summed E-state index contributed by atoms with van der Waals surface area (Å²) in [6.07, 6.45) is 1.25. The van der Waals surface area contributed by atoms with Crippen LogP contribution in [0.25, 0.3) is 6.08 Å². The number of fused-ring (bicyclic) bond motifs is 2. The summed E-state index contributed by atoms with van der Waals surface area (Å²) in [5.41, 5.74) is 0.166. The van der Waals surface area contributed by atoms with Gasteiger partial charge < -0.3 is 29.5 Å². The predicted molar refractivity (Wildman–Crippen MR) is 116 cm³/mol. The second-order valence-corrected chi connectivity index (χ2v) is 9.66. The molecule has 7 nitrogen and oxygen atoms in total. The molecule has 0 saturated carbocycles. The molecule has 7 heteroatoms. The van der Waals surface area contributed by atoms with Crippen molar-refractivity contribution in [2.45, 2.75) is 63.6 Å². The quantitative estimate of drug-likeness (QED) is 0.616. The summed E-state index contributed by atoms with van der Waals surface area (Å²) in [4.78, 5) is 13.2. The van der Waals surface area contributed by atoms with Crippen molar-refractivity contribution < 1.29 is 34.3 Å². The molecule has 5 rings (SSSR count). The molecule has 2 aromatic rings. The first-order valence-corrected chi connectivity index (χ1v) is 10.6. The van der Waals surface area contributed by atoms with Crippen LogP contribution >= 0.6 is 0 Å². The first-order chi connectivity index (χ1) is 15.0. The van der Waals surface area contributed by atoms with Gasteiger partial charge in [-0.15, -0.1) is 0 Å². The number of epoxide rings is 1. The minimum absolute atomic E-state index is 0.0150. The highest BCUT2D eigenvalue weighted by atomic mass is 16.6. The second-order valence-electron chi connectivity index (χ2n) is 9.66. The summed E-state index contributed by atoms with van der Waals surface area (Å²) in [5.74, 6) is -0.0167. The third kappa shape index (κ3) is 3.24. The van der Waals surface area contributed by atoms with Gasteiger partial charge in [-0.3, -0.25) is 4.79 Å². The summed E-state index contributed by atoms with van der Waals surface area (Å²) in [6.45, 7) is 7.47. The van der Waals surface area contributed by atoms with Crippen molar-refractivity contribution in [2.75, 3.05) is 0 Å². The SMILES string of the molecule is CC1(C)C=Cc2c(O)c3c(c(C(O)C4OC4(C)C)c2O1)OC(c1ccc(O)cc1)CC3=O. The maximum atomic E-state index is 13.2. The van der Waals surface area contributed by atoms with E-state index in [1.807, 2.05) is 27.7 Å². The number of hydrogen-bond donors (Lipinski definition) is 3. The van der Waals surface area contributed by atoms with Gasteiger partial charge in [0.1, 0.15) is 52.5 Å². The van der Waals surface area contributed by atoms with Gasteiger partial charge in [0.25, 0.3) is 0 Å². The van der Waals surface area contributed by atoms with Gasteiger partial charge in [-0.1, -0.05) is 12.1 Å². The largest absolute Gasteiger partial charge is 0.508 e. The van der Waals surface area contributed by atoms with Crippen LogP contribution in [0.2, 0.25) is 0 Å². The van der Waals surface area contributed by atoms with Crippen molar-refractivity contribution in [2.24, 2.45) is 0 Å². The fourth-order valence-corrected chi connectivity index (χ4v) is 4.45. The smallest absolute Gasteiger partial charge is 0.174 e. The molecule has 0 spiro atoms. The van der Waals surface area contributed by atoms with E-state index in [2.05, 4.69) is 0 Å². The molecular formula is C25H26O7. The van der Waals surface area contributed by atoms with Gasteiger partial charge in [-0.2, -0.15) is 0 Å². The third-order valence-corrected chi connectivity index (χ3v) is 6.29. The van der Waals surface area contributed by atoms with Crippen LogP contribution in [0.1, 0.15) is 73.4 Å². The van der Waals surface area contributed by atoms with Crippen LogP contribution in [-0.2, 0) is 4.74 Å². The topological polar surface area (TPSA) is 109 Å². The molecule has 3 atom stereocenters.